The SMILES string of the molecule is O=C(NCCc1cc(F)cc2c1OCOC2)c1ccc(-n2cnnn2)cc1. The number of nitrogens with zero attached hydrogens (tertiary/aromatic N) is 4. The first-order valence-corrected chi connectivity index (χ1v) is 8.34. The van der Waals surface area contributed by atoms with Gasteiger partial charge in [0.15, 0.2) is 6.79 Å². The summed E-state index contributed by atoms with van der Waals surface area (Å²) in [4.78, 5) is 12.3. The van der Waals surface area contributed by atoms with Gasteiger partial charge in [0.2, 0.25) is 0 Å². The molecule has 0 bridgehead atoms. The maximum Gasteiger partial charge on any atom is 0.251 e. The molecule has 0 atom stereocenters. The van der Waals surface area contributed by atoms with Crippen LogP contribution >= 0.6 is 0 Å². The van der Waals surface area contributed by atoms with Gasteiger partial charge in [-0.2, -0.15) is 0 Å². The fourth-order valence-electron chi connectivity index (χ4n) is 2.90. The van der Waals surface area contributed by atoms with Gasteiger partial charge in [0, 0.05) is 17.7 Å². The van der Waals surface area contributed by atoms with Crippen LogP contribution in [-0.2, 0) is 17.8 Å². The Hall–Kier alpha value is -3.33. The van der Waals surface area contributed by atoms with Crippen molar-refractivity contribution < 1.29 is 18.7 Å². The van der Waals surface area contributed by atoms with Crippen LogP contribution in [0.1, 0.15) is 21.5 Å². The molecule has 0 unspecified atom stereocenters. The van der Waals surface area contributed by atoms with Crippen LogP contribution in [0.3, 0.4) is 0 Å². The molecule has 1 aromatic heterocycles. The lowest BCUT2D eigenvalue weighted by Gasteiger charge is -2.21. The first-order chi connectivity index (χ1) is 13.2. The van der Waals surface area contributed by atoms with Crippen molar-refractivity contribution in [2.45, 2.75) is 13.0 Å². The molecule has 4 rings (SSSR count). The molecule has 0 saturated heterocycles. The van der Waals surface area contributed by atoms with Gasteiger partial charge in [-0.05, 0) is 58.8 Å². The number of tetrazole rings is 1. The Labute approximate surface area is 153 Å². The first-order valence-electron chi connectivity index (χ1n) is 8.34. The molecule has 27 heavy (non-hydrogen) atoms. The van der Waals surface area contributed by atoms with Gasteiger partial charge < -0.3 is 14.8 Å². The Balaban J connectivity index is 1.38. The van der Waals surface area contributed by atoms with Gasteiger partial charge in [-0.15, -0.1) is 5.10 Å². The number of hydrogen-bond donors (Lipinski definition) is 1. The van der Waals surface area contributed by atoms with Crippen molar-refractivity contribution in [2.24, 2.45) is 0 Å². The van der Waals surface area contributed by atoms with E-state index < -0.39 is 0 Å². The van der Waals surface area contributed by atoms with Crippen molar-refractivity contribution in [1.29, 1.82) is 0 Å². The molecular formula is C18H16FN5O3. The number of fused-ring (bicyclic) bond motifs is 1. The lowest BCUT2D eigenvalue weighted by atomic mass is 10.1. The zero-order valence-electron chi connectivity index (χ0n) is 14.3. The van der Waals surface area contributed by atoms with Crippen molar-refractivity contribution in [2.75, 3.05) is 13.3 Å². The molecule has 0 radical (unpaired) electrons. The maximum absolute atomic E-state index is 13.7. The Morgan fingerprint density at radius 1 is 1.26 bits per heavy atom. The minimum absolute atomic E-state index is 0.144. The molecular weight excluding hydrogens is 353 g/mol. The molecule has 2 heterocycles. The zero-order valence-corrected chi connectivity index (χ0v) is 14.3. The van der Waals surface area contributed by atoms with E-state index in [4.69, 9.17) is 9.47 Å². The average molecular weight is 369 g/mol. The summed E-state index contributed by atoms with van der Waals surface area (Å²) < 4.78 is 25.9. The van der Waals surface area contributed by atoms with E-state index in [0.717, 1.165) is 5.69 Å². The second-order valence-corrected chi connectivity index (χ2v) is 5.97. The predicted octanol–water partition coefficient (Wildman–Crippen LogP) is 1.64. The molecule has 1 aliphatic rings. The average Bonchev–Trinajstić information content (AvgIpc) is 3.22. The zero-order chi connectivity index (χ0) is 18.6. The molecule has 8 nitrogen and oxygen atoms in total. The molecule has 0 aliphatic carbocycles. The van der Waals surface area contributed by atoms with Gasteiger partial charge in [0.25, 0.3) is 5.91 Å². The summed E-state index contributed by atoms with van der Waals surface area (Å²) in [5, 5.41) is 13.8. The van der Waals surface area contributed by atoms with E-state index in [9.17, 15) is 9.18 Å². The van der Waals surface area contributed by atoms with Crippen LogP contribution in [0, 0.1) is 5.82 Å². The number of halogens is 1. The number of ether oxygens (including phenoxy) is 2. The second kappa shape index (κ2) is 7.50. The first kappa shape index (κ1) is 17.1. The van der Waals surface area contributed by atoms with Gasteiger partial charge in [-0.1, -0.05) is 0 Å². The standard InChI is InChI=1S/C18H16FN5O3/c19-15-7-13(17-14(8-15)9-26-11-27-17)5-6-20-18(25)12-1-3-16(4-2-12)24-10-21-22-23-24/h1-4,7-8,10H,5-6,9,11H2,(H,20,25). The molecule has 0 fully saturated rings. The molecule has 1 N–H and O–H groups in total. The highest BCUT2D eigenvalue weighted by molar-refractivity contribution is 5.94. The van der Waals surface area contributed by atoms with Gasteiger partial charge in [-0.3, -0.25) is 4.79 Å². The number of aromatic nitrogens is 4. The third kappa shape index (κ3) is 3.77. The minimum atomic E-state index is -0.345. The van der Waals surface area contributed by atoms with E-state index in [1.807, 2.05) is 0 Å². The molecule has 9 heteroatoms. The number of benzene rings is 2. The fraction of sp³-hybridized carbons (Fsp3) is 0.222. The summed E-state index contributed by atoms with van der Waals surface area (Å²) in [6.07, 6.45) is 1.93. The Morgan fingerprint density at radius 3 is 2.89 bits per heavy atom. The summed E-state index contributed by atoms with van der Waals surface area (Å²) in [7, 11) is 0. The van der Waals surface area contributed by atoms with Crippen LogP contribution in [-0.4, -0.2) is 39.5 Å². The van der Waals surface area contributed by atoms with Crippen LogP contribution in [0.2, 0.25) is 0 Å². The summed E-state index contributed by atoms with van der Waals surface area (Å²) in [5.74, 6) is 0.0813. The highest BCUT2D eigenvalue weighted by Gasteiger charge is 2.17. The van der Waals surface area contributed by atoms with Crippen molar-refractivity contribution in [1.82, 2.24) is 25.5 Å². The number of amides is 1. The van der Waals surface area contributed by atoms with E-state index in [2.05, 4.69) is 20.8 Å². The number of carbonyl (C=O) groups is 1. The number of nitrogens with one attached hydrogen (secondary N) is 1. The number of carbonyl (C=O) groups excluding carboxylic acids is 1. The molecule has 2 aromatic carbocycles. The summed E-state index contributed by atoms with van der Waals surface area (Å²) in [6, 6.07) is 9.72. The van der Waals surface area contributed by atoms with E-state index in [-0.39, 0.29) is 18.5 Å². The van der Waals surface area contributed by atoms with Gasteiger partial charge >= 0.3 is 0 Å². The smallest absolute Gasteiger partial charge is 0.251 e. The molecule has 138 valence electrons. The fourth-order valence-corrected chi connectivity index (χ4v) is 2.90. The van der Waals surface area contributed by atoms with Crippen LogP contribution in [0.15, 0.2) is 42.7 Å². The largest absolute Gasteiger partial charge is 0.467 e. The molecule has 0 saturated carbocycles. The Kier molecular flexibility index (Phi) is 4.75. The van der Waals surface area contributed by atoms with Crippen LogP contribution in [0.25, 0.3) is 5.69 Å². The van der Waals surface area contributed by atoms with Gasteiger partial charge in [0.05, 0.1) is 12.3 Å². The minimum Gasteiger partial charge on any atom is -0.467 e. The molecule has 3 aromatic rings. The van der Waals surface area contributed by atoms with E-state index in [1.165, 1.54) is 23.1 Å². The third-order valence-electron chi connectivity index (χ3n) is 4.17. The lowest BCUT2D eigenvalue weighted by Crippen LogP contribution is -2.26. The third-order valence-corrected chi connectivity index (χ3v) is 4.17. The van der Waals surface area contributed by atoms with Gasteiger partial charge in [-0.25, -0.2) is 9.07 Å². The second-order valence-electron chi connectivity index (χ2n) is 5.97. The highest BCUT2D eigenvalue weighted by Crippen LogP contribution is 2.29. The quantitative estimate of drug-likeness (QED) is 0.735. The van der Waals surface area contributed by atoms with Crippen LogP contribution in [0.5, 0.6) is 5.75 Å². The monoisotopic (exact) mass is 369 g/mol. The van der Waals surface area contributed by atoms with Crippen molar-refractivity contribution in [3.8, 4) is 11.4 Å². The van der Waals surface area contributed by atoms with Crippen molar-refractivity contribution in [3.63, 3.8) is 0 Å². The summed E-state index contributed by atoms with van der Waals surface area (Å²) >= 11 is 0. The summed E-state index contributed by atoms with van der Waals surface area (Å²) in [5.41, 5.74) is 2.66. The van der Waals surface area contributed by atoms with E-state index in [0.29, 0.717) is 42.0 Å². The molecule has 1 amide bonds. The highest BCUT2D eigenvalue weighted by atomic mass is 19.1. The topological polar surface area (TPSA) is 91.2 Å². The lowest BCUT2D eigenvalue weighted by molar-refractivity contribution is -0.0172. The van der Waals surface area contributed by atoms with Crippen LogP contribution in [0.4, 0.5) is 4.39 Å². The Morgan fingerprint density at radius 2 is 2.11 bits per heavy atom. The van der Waals surface area contributed by atoms with Crippen molar-refractivity contribution in [3.05, 3.63) is 65.2 Å². The Bertz CT molecular complexity index is 944. The number of rotatable bonds is 5. The van der Waals surface area contributed by atoms with E-state index >= 15 is 0 Å². The van der Waals surface area contributed by atoms with E-state index in [1.54, 1.807) is 24.3 Å². The van der Waals surface area contributed by atoms with Gasteiger partial charge in [0.1, 0.15) is 17.9 Å². The summed E-state index contributed by atoms with van der Waals surface area (Å²) in [6.45, 7) is 0.819. The predicted molar refractivity (Wildman–Crippen MR) is 91.9 cm³/mol. The normalized spacial score (nSPS) is 12.9. The molecule has 1 aliphatic heterocycles. The van der Waals surface area contributed by atoms with Crippen molar-refractivity contribution >= 4 is 5.91 Å². The van der Waals surface area contributed by atoms with Crippen LogP contribution < -0.4 is 10.1 Å². The number of hydrogen-bond acceptors (Lipinski definition) is 6. The molecule has 0 spiro atoms. The maximum atomic E-state index is 13.7.